The summed E-state index contributed by atoms with van der Waals surface area (Å²) in [7, 11) is 14.8. The molecule has 0 fully saturated rings. The van der Waals surface area contributed by atoms with Gasteiger partial charge in [-0.3, -0.25) is 28.8 Å². The average Bonchev–Trinajstić information content (AvgIpc) is 3.65. The lowest BCUT2D eigenvalue weighted by atomic mass is 10.0. The molecule has 10 rings (SSSR count). The summed E-state index contributed by atoms with van der Waals surface area (Å²) in [6, 6.07) is 74.3. The van der Waals surface area contributed by atoms with Gasteiger partial charge in [-0.05, 0) is 219 Å². The molecule has 0 aliphatic rings. The van der Waals surface area contributed by atoms with E-state index >= 15 is 0 Å². The van der Waals surface area contributed by atoms with Crippen molar-refractivity contribution in [2.75, 3.05) is 0 Å². The van der Waals surface area contributed by atoms with Gasteiger partial charge in [0.1, 0.15) is 46.0 Å². The number of hydrogen-bond donors (Lipinski definition) is 0. The highest BCUT2D eigenvalue weighted by Crippen LogP contribution is 2.28. The summed E-state index contributed by atoms with van der Waals surface area (Å²) < 4.78 is 23.3. The Labute approximate surface area is 512 Å². The van der Waals surface area contributed by atoms with Crippen LogP contribution in [0.25, 0.3) is 0 Å². The van der Waals surface area contributed by atoms with Gasteiger partial charge in [0.15, 0.2) is 23.1 Å². The highest BCUT2D eigenvalue weighted by Gasteiger charge is 2.14. The molecular formula is C68H48AlCl5O10. The fraction of sp³-hybridized carbons (Fsp3) is 0.0294. The minimum Gasteiger partial charge on any atom is -0.457 e. The number of ketones is 4. The molecule has 0 spiro atoms. The summed E-state index contributed by atoms with van der Waals surface area (Å²) in [4.78, 5) is 71.0. The van der Waals surface area contributed by atoms with Crippen LogP contribution in [0.4, 0.5) is 0 Å². The Morgan fingerprint density at radius 2 is 0.452 bits per heavy atom. The minimum absolute atomic E-state index is 0.0440. The minimum atomic E-state index is -1.72. The molecule has 418 valence electrons. The molecule has 0 N–H and O–H groups in total. The molecule has 0 aromatic heterocycles. The van der Waals surface area contributed by atoms with Gasteiger partial charge in [0, 0.05) is 50.1 Å². The van der Waals surface area contributed by atoms with Crippen molar-refractivity contribution in [3.05, 3.63) is 310 Å². The first-order chi connectivity index (χ1) is 40.5. The molecule has 0 unspecified atom stereocenters. The van der Waals surface area contributed by atoms with Gasteiger partial charge in [0.2, 0.25) is 0 Å². The number of ether oxygens (including phenoxy) is 4. The lowest BCUT2D eigenvalue weighted by Gasteiger charge is -2.09. The summed E-state index contributed by atoms with van der Waals surface area (Å²) in [6.07, 6.45) is 0. The van der Waals surface area contributed by atoms with E-state index < -0.39 is 21.9 Å². The normalized spacial score (nSPS) is 10.1. The van der Waals surface area contributed by atoms with Crippen LogP contribution in [0.5, 0.6) is 46.0 Å². The maximum absolute atomic E-state index is 13.0. The molecule has 0 amide bonds. The molecule has 10 aromatic rings. The first-order valence-corrected chi connectivity index (χ1v) is 31.5. The van der Waals surface area contributed by atoms with Gasteiger partial charge in [-0.15, -0.1) is 0 Å². The van der Waals surface area contributed by atoms with Crippen molar-refractivity contribution in [3.63, 3.8) is 0 Å². The standard InChI is InChI=1S/C35H26O5.C25H18O3.C8H4Cl2O2.Al.3ClH/c1-23-3-15-30(16-4-23)39-31-17-11-28(12-18-31)35(38)29-13-21-33(22-14-29)40-32-19-9-27(10-20-32)34(37)26-7-5-25(6-8-26)24(2)36;26-25(19-11-15-23(16-12-19)27-21-7-3-1-4-8-21)20-13-17-24(18-14-20)28-22-9-5-2-6-10-22;9-7(11)5-1-2-6(4-3-5)8(10)12;;;;/h3-22H,1-2H3;1-18H;1-4H;;3*1H/q;;;+3;;;/p-3. The van der Waals surface area contributed by atoms with Gasteiger partial charge in [-0.2, -0.15) is 0 Å². The highest BCUT2D eigenvalue weighted by molar-refractivity contribution is 7.54. The van der Waals surface area contributed by atoms with E-state index in [9.17, 15) is 28.8 Å². The highest BCUT2D eigenvalue weighted by atomic mass is 35.8. The molecule has 0 saturated heterocycles. The maximum Gasteiger partial charge on any atom is 0.643 e. The Hall–Kier alpha value is -8.60. The molecule has 0 radical (unpaired) electrons. The fourth-order valence-corrected chi connectivity index (χ4v) is 7.84. The quantitative estimate of drug-likeness (QED) is 0.0492. The second kappa shape index (κ2) is 31.7. The molecule has 0 aliphatic heterocycles. The van der Waals surface area contributed by atoms with Crippen LogP contribution >= 0.6 is 53.3 Å². The van der Waals surface area contributed by atoms with Crippen LogP contribution in [-0.2, 0) is 0 Å². The van der Waals surface area contributed by atoms with Crippen molar-refractivity contribution < 1.29 is 47.7 Å². The lowest BCUT2D eigenvalue weighted by Crippen LogP contribution is -2.02. The molecule has 16 heteroatoms. The second-order valence-corrected chi connectivity index (χ2v) is 25.1. The van der Waals surface area contributed by atoms with Gasteiger partial charge >= 0.3 is 11.4 Å². The van der Waals surface area contributed by atoms with Crippen LogP contribution in [0.15, 0.2) is 255 Å². The van der Waals surface area contributed by atoms with Gasteiger partial charge in [-0.25, -0.2) is 30.1 Å². The van der Waals surface area contributed by atoms with E-state index in [0.29, 0.717) is 78.8 Å². The van der Waals surface area contributed by atoms with Gasteiger partial charge in [0.25, 0.3) is 10.5 Å². The van der Waals surface area contributed by atoms with Crippen molar-refractivity contribution in [2.24, 2.45) is 0 Å². The molecule has 0 heterocycles. The van der Waals surface area contributed by atoms with E-state index in [1.54, 1.807) is 146 Å². The third-order valence-corrected chi connectivity index (χ3v) is 12.4. The molecule has 0 aliphatic carbocycles. The number of carbonyl (C=O) groups is 6. The van der Waals surface area contributed by atoms with E-state index in [1.165, 1.54) is 31.2 Å². The summed E-state index contributed by atoms with van der Waals surface area (Å²) in [5.41, 5.74) is 5.74. The van der Waals surface area contributed by atoms with Crippen molar-refractivity contribution in [1.82, 2.24) is 0 Å². The van der Waals surface area contributed by atoms with Gasteiger partial charge in [0.05, 0.1) is 0 Å². The molecular weight excluding hydrogens is 1180 g/mol. The van der Waals surface area contributed by atoms with E-state index in [2.05, 4.69) is 0 Å². The Morgan fingerprint density at radius 3 is 0.667 bits per heavy atom. The number of para-hydroxylation sites is 2. The van der Waals surface area contributed by atoms with Crippen LogP contribution in [-0.4, -0.2) is 45.0 Å². The van der Waals surface area contributed by atoms with Crippen LogP contribution in [0.3, 0.4) is 0 Å². The monoisotopic (exact) mass is 1230 g/mol. The van der Waals surface area contributed by atoms with Crippen molar-refractivity contribution in [2.45, 2.75) is 13.8 Å². The summed E-state index contributed by atoms with van der Waals surface area (Å²) in [6.45, 7) is 3.51. The average molecular weight is 1230 g/mol. The number of hydrogen-bond acceptors (Lipinski definition) is 10. The Bertz CT molecular complexity index is 3670. The molecule has 84 heavy (non-hydrogen) atoms. The first-order valence-electron chi connectivity index (χ1n) is 25.5. The number of halogens is 5. The van der Waals surface area contributed by atoms with E-state index in [4.69, 9.17) is 72.3 Å². The zero-order chi connectivity index (χ0) is 60.0. The number of aryl methyl sites for hydroxylation is 1. The number of Topliss-reactive ketones (excluding diaryl/α,β-unsaturated/α-hetero) is 1. The van der Waals surface area contributed by atoms with E-state index in [0.717, 1.165) is 22.8 Å². The van der Waals surface area contributed by atoms with Crippen LogP contribution in [0, 0.1) is 6.92 Å². The third-order valence-electron chi connectivity index (χ3n) is 11.9. The van der Waals surface area contributed by atoms with Crippen molar-refractivity contribution >= 4 is 98.4 Å². The van der Waals surface area contributed by atoms with Gasteiger partial charge < -0.3 is 18.9 Å². The Balaban J connectivity index is 0.000000198. The molecule has 0 bridgehead atoms. The Morgan fingerprint density at radius 1 is 0.274 bits per heavy atom. The smallest absolute Gasteiger partial charge is 0.457 e. The molecule has 10 aromatic carbocycles. The summed E-state index contributed by atoms with van der Waals surface area (Å²) >= 11 is 8.63. The zero-order valence-electron chi connectivity index (χ0n) is 44.8. The van der Waals surface area contributed by atoms with Crippen LogP contribution in [0.2, 0.25) is 0 Å². The van der Waals surface area contributed by atoms with Crippen molar-refractivity contribution in [3.8, 4) is 46.0 Å². The molecule has 0 saturated carbocycles. The number of rotatable bonds is 17. The largest absolute Gasteiger partial charge is 0.643 e. The van der Waals surface area contributed by atoms with Crippen LogP contribution < -0.4 is 18.9 Å². The predicted octanol–water partition coefficient (Wildman–Crippen LogP) is 18.9. The SMILES string of the molecule is CC(=O)c1ccc(C(=O)c2ccc(Oc3ccc(C(=O)c4ccc(Oc5ccc(C)cc5)cc4)cc3)cc2)cc1.O=C(Cl)c1ccc(C(=O)Cl)cc1.O=C(c1ccc(Oc2ccccc2)cc1)c1ccc(Oc2ccccc2)cc1.[Cl][Al]([Cl])[Cl]. The third kappa shape index (κ3) is 19.8. The topological polar surface area (TPSA) is 139 Å². The lowest BCUT2D eigenvalue weighted by molar-refractivity contribution is 0.101. The van der Waals surface area contributed by atoms with E-state index in [-0.39, 0.29) is 23.1 Å². The summed E-state index contributed by atoms with van der Waals surface area (Å²) in [5.74, 6) is 5.09. The molecule has 0 atom stereocenters. The van der Waals surface area contributed by atoms with E-state index in [1.807, 2.05) is 91.9 Å². The second-order valence-electron chi connectivity index (χ2n) is 18.0. The first kappa shape index (κ1) is 63.0. The zero-order valence-corrected chi connectivity index (χ0v) is 49.7. The summed E-state index contributed by atoms with van der Waals surface area (Å²) in [5, 5.41) is -1.10. The Kier molecular flexibility index (Phi) is 23.8. The number of carbonyl (C=O) groups excluding carboxylic acids is 6. The fourth-order valence-electron chi connectivity index (χ4n) is 7.59. The maximum atomic E-state index is 13.0. The predicted molar refractivity (Wildman–Crippen MR) is 333 cm³/mol. The number of benzene rings is 10. The molecule has 10 nitrogen and oxygen atoms in total. The van der Waals surface area contributed by atoms with Crippen molar-refractivity contribution in [1.29, 1.82) is 0 Å². The van der Waals surface area contributed by atoms with Gasteiger partial charge in [-0.1, -0.05) is 78.4 Å². The van der Waals surface area contributed by atoms with Crippen LogP contribution in [0.1, 0.15) is 91.3 Å².